The van der Waals surface area contributed by atoms with E-state index in [-0.39, 0.29) is 57.6 Å². The molecule has 2 aromatic heterocycles. The van der Waals surface area contributed by atoms with Gasteiger partial charge in [0.25, 0.3) is 0 Å². The lowest BCUT2D eigenvalue weighted by Crippen LogP contribution is -1.97. The van der Waals surface area contributed by atoms with Gasteiger partial charge in [-0.25, -0.2) is 0 Å². The second kappa shape index (κ2) is 11.5. The van der Waals surface area contributed by atoms with Crippen molar-refractivity contribution < 1.29 is 9.60 Å². The minimum absolute atomic E-state index is 0.0746. The highest BCUT2D eigenvalue weighted by Crippen LogP contribution is 2.40. The van der Waals surface area contributed by atoms with Gasteiger partial charge in [0, 0.05) is 32.8 Å². The normalized spacial score (nSPS) is 13.6. The summed E-state index contributed by atoms with van der Waals surface area (Å²) in [6.45, 7) is 0. The van der Waals surface area contributed by atoms with E-state index in [9.17, 15) is 4.11 Å². The molecule has 0 amide bonds. The molecule has 2 nitrogen and oxygen atoms in total. The maximum atomic E-state index is 9.84. The fourth-order valence-electron chi connectivity index (χ4n) is 7.27. The van der Waals surface area contributed by atoms with Crippen molar-refractivity contribution in [3.05, 3.63) is 194 Å². The molecule has 0 aliphatic carbocycles. The van der Waals surface area contributed by atoms with Crippen LogP contribution in [-0.2, 0) is 0 Å². The molecule has 50 heavy (non-hydrogen) atoms. The molecule has 0 atom stereocenters. The molecule has 2 heterocycles. The number of hydrogen-bond donors (Lipinski definition) is 0. The molecular weight excluding hydrogens is 605 g/mol. The number of aromatic nitrogens is 2. The lowest BCUT2D eigenvalue weighted by Gasteiger charge is -2.14. The molecule has 0 N–H and O–H groups in total. The molecule has 0 aliphatic rings. The molecule has 2 heteroatoms. The summed E-state index contributed by atoms with van der Waals surface area (Å²) >= 11 is 0. The Balaban J connectivity index is 1.29. The van der Waals surface area contributed by atoms with E-state index in [1.165, 1.54) is 0 Å². The van der Waals surface area contributed by atoms with Crippen LogP contribution in [0.5, 0.6) is 0 Å². The molecule has 0 unspecified atom stereocenters. The molecular formula is C48H32N2. The van der Waals surface area contributed by atoms with Crippen LogP contribution in [0.2, 0.25) is 0 Å². The van der Waals surface area contributed by atoms with Gasteiger partial charge in [-0.15, -0.1) is 0 Å². The molecule has 10 rings (SSSR count). The Morgan fingerprint density at radius 1 is 0.360 bits per heavy atom. The van der Waals surface area contributed by atoms with Crippen molar-refractivity contribution in [2.24, 2.45) is 0 Å². The summed E-state index contributed by atoms with van der Waals surface area (Å²) in [5, 5.41) is 2.25. The number of fused-ring (bicyclic) bond motifs is 6. The standard InChI is InChI=1S/C48H32N2/c1-4-14-33(15-5-1)37-24-27-41-43-31-35(25-28-46(43)49(48(41)32-37)38-18-8-3-9-19-38)36-26-29-47-42(30-36)40-21-11-13-23-45(40)50(47)44-22-12-10-20-39(44)34-16-6-2-7-17-34/h1-32H/i11D,13D,21D,23D,26D,29D,30D. The van der Waals surface area contributed by atoms with Crippen molar-refractivity contribution in [2.75, 3.05) is 0 Å². The summed E-state index contributed by atoms with van der Waals surface area (Å²) in [7, 11) is 0. The largest absolute Gasteiger partial charge is 0.309 e. The van der Waals surface area contributed by atoms with E-state index in [4.69, 9.17) is 5.48 Å². The third-order valence-electron chi connectivity index (χ3n) is 9.56. The smallest absolute Gasteiger partial charge is 0.0645 e. The number of rotatable bonds is 5. The minimum Gasteiger partial charge on any atom is -0.309 e. The van der Waals surface area contributed by atoms with Crippen molar-refractivity contribution in [3.63, 3.8) is 0 Å². The monoisotopic (exact) mass is 643 g/mol. The van der Waals surface area contributed by atoms with Gasteiger partial charge in [-0.3, -0.25) is 0 Å². The average Bonchev–Trinajstić information content (AvgIpc) is 3.79. The molecule has 0 saturated carbocycles. The van der Waals surface area contributed by atoms with Gasteiger partial charge in [-0.2, -0.15) is 0 Å². The topological polar surface area (TPSA) is 9.86 Å². The van der Waals surface area contributed by atoms with Crippen LogP contribution in [0.15, 0.2) is 194 Å². The maximum Gasteiger partial charge on any atom is 0.0645 e. The van der Waals surface area contributed by atoms with Crippen molar-refractivity contribution >= 4 is 43.6 Å². The van der Waals surface area contributed by atoms with Gasteiger partial charge in [-0.05, 0) is 82.3 Å². The Hall–Kier alpha value is -6.64. The first-order chi connectivity index (χ1) is 27.7. The zero-order chi connectivity index (χ0) is 39.1. The molecule has 0 saturated heterocycles. The van der Waals surface area contributed by atoms with Crippen LogP contribution in [0.25, 0.3) is 88.4 Å². The fourth-order valence-corrected chi connectivity index (χ4v) is 7.27. The zero-order valence-electron chi connectivity index (χ0n) is 33.8. The Morgan fingerprint density at radius 2 is 1.02 bits per heavy atom. The van der Waals surface area contributed by atoms with Crippen molar-refractivity contribution in [3.8, 4) is 44.8 Å². The van der Waals surface area contributed by atoms with E-state index in [2.05, 4.69) is 47.0 Å². The highest BCUT2D eigenvalue weighted by Gasteiger charge is 2.18. The van der Waals surface area contributed by atoms with Crippen molar-refractivity contribution in [2.45, 2.75) is 0 Å². The first-order valence-electron chi connectivity index (χ1n) is 20.1. The average molecular weight is 644 g/mol. The van der Waals surface area contributed by atoms with Gasteiger partial charge in [0.1, 0.15) is 0 Å². The number of hydrogen-bond acceptors (Lipinski definition) is 0. The van der Waals surface area contributed by atoms with Gasteiger partial charge < -0.3 is 9.13 Å². The molecule has 0 spiro atoms. The van der Waals surface area contributed by atoms with Gasteiger partial charge in [0.05, 0.1) is 37.3 Å². The Bertz CT molecular complexity index is 3240. The molecule has 8 aromatic carbocycles. The van der Waals surface area contributed by atoms with E-state index >= 15 is 0 Å². The lowest BCUT2D eigenvalue weighted by atomic mass is 9.99. The molecule has 234 valence electrons. The number of nitrogens with zero attached hydrogens (tertiary/aromatic N) is 2. The van der Waals surface area contributed by atoms with Gasteiger partial charge in [0.2, 0.25) is 0 Å². The third kappa shape index (κ3) is 4.50. The highest BCUT2D eigenvalue weighted by atomic mass is 15.0. The van der Waals surface area contributed by atoms with Crippen LogP contribution in [0.3, 0.4) is 0 Å². The highest BCUT2D eigenvalue weighted by molar-refractivity contribution is 6.13. The maximum absolute atomic E-state index is 9.84. The summed E-state index contributed by atoms with van der Waals surface area (Å²) < 4.78 is 68.6. The predicted molar refractivity (Wildman–Crippen MR) is 211 cm³/mol. The fraction of sp³-hybridized carbons (Fsp3) is 0. The van der Waals surface area contributed by atoms with E-state index < -0.39 is 12.1 Å². The first-order valence-corrected chi connectivity index (χ1v) is 16.6. The number of benzene rings is 8. The molecule has 0 fully saturated rings. The van der Waals surface area contributed by atoms with Crippen LogP contribution in [0, 0.1) is 0 Å². The lowest BCUT2D eigenvalue weighted by molar-refractivity contribution is 1.18. The van der Waals surface area contributed by atoms with Crippen LogP contribution in [0.1, 0.15) is 9.60 Å². The Kier molecular flexibility index (Phi) is 5.08. The van der Waals surface area contributed by atoms with E-state index in [0.29, 0.717) is 11.3 Å². The predicted octanol–water partition coefficient (Wildman–Crippen LogP) is 12.9. The second-order valence-electron chi connectivity index (χ2n) is 12.4. The molecule has 10 aromatic rings. The van der Waals surface area contributed by atoms with E-state index in [1.54, 1.807) is 4.57 Å². The Morgan fingerprint density at radius 3 is 1.84 bits per heavy atom. The molecule has 0 bridgehead atoms. The van der Waals surface area contributed by atoms with Crippen molar-refractivity contribution in [1.29, 1.82) is 0 Å². The van der Waals surface area contributed by atoms with Crippen LogP contribution in [0.4, 0.5) is 0 Å². The van der Waals surface area contributed by atoms with Gasteiger partial charge in [-0.1, -0.05) is 139 Å². The number of para-hydroxylation sites is 3. The Labute approximate surface area is 300 Å². The summed E-state index contributed by atoms with van der Waals surface area (Å²) in [5.74, 6) is 0. The second-order valence-corrected chi connectivity index (χ2v) is 12.4. The SMILES string of the molecule is [2H]c1c([2H])c([2H])c2c(c1[2H])c1c([2H])c(-c3ccc4c(c3)c3ccc(-c5ccccc5)cc3n4-c3ccccc3)c([2H])c([2H])c1n2-c1ccccc1-c1ccccc1. The summed E-state index contributed by atoms with van der Waals surface area (Å²) in [6, 6.07) is 48.0. The van der Waals surface area contributed by atoms with Gasteiger partial charge >= 0.3 is 0 Å². The van der Waals surface area contributed by atoms with Crippen LogP contribution < -0.4 is 0 Å². The summed E-state index contributed by atoms with van der Waals surface area (Å²) in [6.07, 6.45) is 0. The molecule has 0 radical (unpaired) electrons. The van der Waals surface area contributed by atoms with Crippen molar-refractivity contribution in [1.82, 2.24) is 9.13 Å². The quantitative estimate of drug-likeness (QED) is 0.177. The summed E-state index contributed by atoms with van der Waals surface area (Å²) in [5.41, 5.74) is 8.49. The van der Waals surface area contributed by atoms with E-state index in [0.717, 1.165) is 49.7 Å². The zero-order valence-corrected chi connectivity index (χ0v) is 26.8. The first kappa shape index (κ1) is 22.1. The van der Waals surface area contributed by atoms with E-state index in [1.807, 2.05) is 109 Å². The molecule has 0 aliphatic heterocycles. The van der Waals surface area contributed by atoms with Crippen LogP contribution >= 0.6 is 0 Å². The van der Waals surface area contributed by atoms with Crippen LogP contribution in [-0.4, -0.2) is 9.13 Å². The summed E-state index contributed by atoms with van der Waals surface area (Å²) in [4.78, 5) is 0. The van der Waals surface area contributed by atoms with Gasteiger partial charge in [0.15, 0.2) is 0 Å². The minimum atomic E-state index is -0.421. The third-order valence-corrected chi connectivity index (χ3v) is 9.56.